The van der Waals surface area contributed by atoms with Gasteiger partial charge in [0.15, 0.2) is 0 Å². The SMILES string of the molecule is Cc1nc(/C(N)=C(\CCc2cc(-c3ccc(F)cc3)nn2C)N(C)N)ccc1CC1CCCCC1. The Kier molecular flexibility index (Phi) is 7.86. The van der Waals surface area contributed by atoms with E-state index in [4.69, 9.17) is 16.6 Å². The largest absolute Gasteiger partial charge is 0.396 e. The summed E-state index contributed by atoms with van der Waals surface area (Å²) in [5.74, 6) is 6.70. The van der Waals surface area contributed by atoms with E-state index in [1.165, 1.54) is 49.8 Å². The Balaban J connectivity index is 1.50. The number of rotatable bonds is 8. The summed E-state index contributed by atoms with van der Waals surface area (Å²) in [6, 6.07) is 12.6. The molecule has 1 aromatic carbocycles. The molecular formula is C28H37FN6. The molecule has 6 nitrogen and oxygen atoms in total. The van der Waals surface area contributed by atoms with E-state index < -0.39 is 0 Å². The van der Waals surface area contributed by atoms with E-state index in [-0.39, 0.29) is 5.82 Å². The highest BCUT2D eigenvalue weighted by Gasteiger charge is 2.17. The number of hydrogen-bond acceptors (Lipinski definition) is 5. The molecule has 0 spiro atoms. The number of benzene rings is 1. The van der Waals surface area contributed by atoms with Gasteiger partial charge in [-0.2, -0.15) is 5.10 Å². The maximum absolute atomic E-state index is 13.3. The van der Waals surface area contributed by atoms with E-state index in [1.807, 2.05) is 23.9 Å². The predicted octanol–water partition coefficient (Wildman–Crippen LogP) is 5.12. The summed E-state index contributed by atoms with van der Waals surface area (Å²) < 4.78 is 15.1. The average molecular weight is 477 g/mol. The minimum atomic E-state index is -0.257. The van der Waals surface area contributed by atoms with Gasteiger partial charge in [-0.15, -0.1) is 0 Å². The normalized spacial score (nSPS) is 15.2. The van der Waals surface area contributed by atoms with E-state index in [2.05, 4.69) is 18.1 Å². The molecule has 0 saturated heterocycles. The fourth-order valence-corrected chi connectivity index (χ4v) is 5.05. The molecular weight excluding hydrogens is 439 g/mol. The summed E-state index contributed by atoms with van der Waals surface area (Å²) in [4.78, 5) is 4.85. The Morgan fingerprint density at radius 1 is 1.11 bits per heavy atom. The number of aryl methyl sites for hydroxylation is 3. The highest BCUT2D eigenvalue weighted by Crippen LogP contribution is 2.28. The first-order chi connectivity index (χ1) is 16.8. The van der Waals surface area contributed by atoms with Crippen LogP contribution >= 0.6 is 0 Å². The van der Waals surface area contributed by atoms with E-state index in [0.29, 0.717) is 18.5 Å². The number of nitrogens with two attached hydrogens (primary N) is 2. The fraction of sp³-hybridized carbons (Fsp3) is 0.429. The molecule has 4 N–H and O–H groups in total. The zero-order valence-electron chi connectivity index (χ0n) is 21.1. The second kappa shape index (κ2) is 11.0. The monoisotopic (exact) mass is 476 g/mol. The molecule has 1 aliphatic carbocycles. The highest BCUT2D eigenvalue weighted by atomic mass is 19.1. The van der Waals surface area contributed by atoms with Crippen LogP contribution in [0.1, 0.15) is 61.2 Å². The number of allylic oxidation sites excluding steroid dienone is 1. The van der Waals surface area contributed by atoms with Gasteiger partial charge in [-0.1, -0.05) is 38.2 Å². The molecule has 186 valence electrons. The van der Waals surface area contributed by atoms with Gasteiger partial charge in [0.2, 0.25) is 0 Å². The number of hydrogen-bond donors (Lipinski definition) is 2. The number of nitrogens with zero attached hydrogens (tertiary/aromatic N) is 4. The van der Waals surface area contributed by atoms with Gasteiger partial charge < -0.3 is 10.7 Å². The van der Waals surface area contributed by atoms with Crippen molar-refractivity contribution in [2.75, 3.05) is 7.05 Å². The Labute approximate surface area is 207 Å². The van der Waals surface area contributed by atoms with Crippen LogP contribution in [0.2, 0.25) is 0 Å². The Bertz CT molecular complexity index is 1170. The average Bonchev–Trinajstić information content (AvgIpc) is 3.21. The van der Waals surface area contributed by atoms with Crippen molar-refractivity contribution in [3.8, 4) is 11.3 Å². The molecule has 0 radical (unpaired) electrons. The lowest BCUT2D eigenvalue weighted by Crippen LogP contribution is -2.28. The Morgan fingerprint density at radius 3 is 2.49 bits per heavy atom. The van der Waals surface area contributed by atoms with Gasteiger partial charge in [-0.3, -0.25) is 9.67 Å². The molecule has 35 heavy (non-hydrogen) atoms. The number of aromatic nitrogens is 3. The van der Waals surface area contributed by atoms with Crippen LogP contribution in [-0.2, 0) is 19.9 Å². The van der Waals surface area contributed by atoms with E-state index in [9.17, 15) is 4.39 Å². The molecule has 0 aliphatic heterocycles. The lowest BCUT2D eigenvalue weighted by atomic mass is 9.84. The van der Waals surface area contributed by atoms with Crippen molar-refractivity contribution in [1.29, 1.82) is 0 Å². The first kappa shape index (κ1) is 24.9. The van der Waals surface area contributed by atoms with Crippen molar-refractivity contribution < 1.29 is 4.39 Å². The molecule has 1 aliphatic rings. The third-order valence-corrected chi connectivity index (χ3v) is 7.18. The summed E-state index contributed by atoms with van der Waals surface area (Å²) in [5, 5.41) is 6.18. The predicted molar refractivity (Wildman–Crippen MR) is 139 cm³/mol. The highest BCUT2D eigenvalue weighted by molar-refractivity contribution is 5.63. The minimum Gasteiger partial charge on any atom is -0.396 e. The van der Waals surface area contributed by atoms with Gasteiger partial charge in [-0.25, -0.2) is 10.2 Å². The molecule has 2 aromatic heterocycles. The lowest BCUT2D eigenvalue weighted by molar-refractivity contribution is 0.356. The zero-order chi connectivity index (χ0) is 24.9. The molecule has 7 heteroatoms. The van der Waals surface area contributed by atoms with Crippen molar-refractivity contribution in [2.24, 2.45) is 24.5 Å². The van der Waals surface area contributed by atoms with Crippen LogP contribution in [0.15, 0.2) is 48.2 Å². The summed E-state index contributed by atoms with van der Waals surface area (Å²) in [6.45, 7) is 2.08. The standard InChI is InChI=1S/C28H37FN6/c1-19-22(17-20-7-5-4-6-8-20)11-15-25(32-19)28(30)27(34(2)31)16-14-24-18-26(33-35(24)3)21-9-12-23(29)13-10-21/h9-13,15,18,20H,4-8,14,16-17,30-31H2,1-3H3/b28-27-. The molecule has 1 saturated carbocycles. The second-order valence-corrected chi connectivity index (χ2v) is 9.77. The topological polar surface area (TPSA) is 86.0 Å². The van der Waals surface area contributed by atoms with Crippen LogP contribution in [0, 0.1) is 18.7 Å². The van der Waals surface area contributed by atoms with Crippen molar-refractivity contribution in [2.45, 2.75) is 58.3 Å². The smallest absolute Gasteiger partial charge is 0.123 e. The van der Waals surface area contributed by atoms with Crippen LogP contribution < -0.4 is 11.6 Å². The molecule has 1 fully saturated rings. The van der Waals surface area contributed by atoms with Gasteiger partial charge in [0, 0.05) is 31.0 Å². The van der Waals surface area contributed by atoms with Crippen LogP contribution in [0.3, 0.4) is 0 Å². The molecule has 3 aromatic rings. The van der Waals surface area contributed by atoms with Gasteiger partial charge in [0.1, 0.15) is 5.82 Å². The fourth-order valence-electron chi connectivity index (χ4n) is 5.05. The molecule has 0 atom stereocenters. The third-order valence-electron chi connectivity index (χ3n) is 7.18. The van der Waals surface area contributed by atoms with Crippen LogP contribution in [0.4, 0.5) is 4.39 Å². The molecule has 0 amide bonds. The summed E-state index contributed by atoms with van der Waals surface area (Å²) in [5.41, 5.74) is 13.9. The first-order valence-electron chi connectivity index (χ1n) is 12.5. The van der Waals surface area contributed by atoms with Gasteiger partial charge in [0.05, 0.1) is 22.8 Å². The van der Waals surface area contributed by atoms with Gasteiger partial charge in [-0.05, 0) is 74.1 Å². The Morgan fingerprint density at radius 2 is 1.83 bits per heavy atom. The van der Waals surface area contributed by atoms with E-state index in [1.54, 1.807) is 24.2 Å². The number of hydrazine groups is 1. The molecule has 0 unspecified atom stereocenters. The molecule has 4 rings (SSSR count). The van der Waals surface area contributed by atoms with E-state index in [0.717, 1.165) is 46.4 Å². The minimum absolute atomic E-state index is 0.257. The maximum Gasteiger partial charge on any atom is 0.123 e. The van der Waals surface area contributed by atoms with Gasteiger partial charge >= 0.3 is 0 Å². The number of pyridine rings is 1. The molecule has 2 heterocycles. The lowest BCUT2D eigenvalue weighted by Gasteiger charge is -2.23. The second-order valence-electron chi connectivity index (χ2n) is 9.77. The molecule has 0 bridgehead atoms. The summed E-state index contributed by atoms with van der Waals surface area (Å²) in [6.07, 6.45) is 9.16. The Hall–Kier alpha value is -3.19. The quantitative estimate of drug-likeness (QED) is 0.348. The number of halogens is 1. The van der Waals surface area contributed by atoms with Crippen LogP contribution in [0.5, 0.6) is 0 Å². The van der Waals surface area contributed by atoms with Crippen molar-refractivity contribution >= 4 is 5.70 Å². The van der Waals surface area contributed by atoms with Crippen molar-refractivity contribution in [3.63, 3.8) is 0 Å². The maximum atomic E-state index is 13.3. The zero-order valence-corrected chi connectivity index (χ0v) is 21.1. The summed E-state index contributed by atoms with van der Waals surface area (Å²) in [7, 11) is 3.72. The third kappa shape index (κ3) is 6.09. The summed E-state index contributed by atoms with van der Waals surface area (Å²) >= 11 is 0. The van der Waals surface area contributed by atoms with Gasteiger partial charge in [0.25, 0.3) is 0 Å². The van der Waals surface area contributed by atoms with Crippen LogP contribution in [-0.4, -0.2) is 26.8 Å². The van der Waals surface area contributed by atoms with Crippen LogP contribution in [0.25, 0.3) is 17.0 Å². The first-order valence-corrected chi connectivity index (χ1v) is 12.5. The van der Waals surface area contributed by atoms with E-state index >= 15 is 0 Å². The van der Waals surface area contributed by atoms with Crippen molar-refractivity contribution in [3.05, 3.63) is 76.6 Å². The van der Waals surface area contributed by atoms with Crippen molar-refractivity contribution in [1.82, 2.24) is 19.8 Å².